The molecule has 0 unspecified atom stereocenters. The zero-order valence-electron chi connectivity index (χ0n) is 12.4. The maximum atomic E-state index is 13.0. The van der Waals surface area contributed by atoms with Crippen LogP contribution in [0.4, 0.5) is 14.5 Å². The monoisotopic (exact) mass is 311 g/mol. The third-order valence-electron chi connectivity index (χ3n) is 3.77. The lowest BCUT2D eigenvalue weighted by Gasteiger charge is -2.28. The molecule has 7 heteroatoms. The summed E-state index contributed by atoms with van der Waals surface area (Å²) >= 11 is 0. The third-order valence-corrected chi connectivity index (χ3v) is 3.77. The second-order valence-electron chi connectivity index (χ2n) is 5.54. The van der Waals surface area contributed by atoms with Crippen molar-refractivity contribution in [2.24, 2.45) is 5.92 Å². The van der Waals surface area contributed by atoms with E-state index in [2.05, 4.69) is 15.5 Å². The maximum absolute atomic E-state index is 13.0. The predicted molar refractivity (Wildman–Crippen MR) is 78.2 cm³/mol. The van der Waals surface area contributed by atoms with E-state index in [0.717, 1.165) is 38.1 Å². The fraction of sp³-hybridized carbons (Fsp3) is 0.467. The summed E-state index contributed by atoms with van der Waals surface area (Å²) in [6, 6.07) is 2.92. The molecule has 1 aromatic rings. The normalized spacial score (nSPS) is 16.3. The average molecular weight is 311 g/mol. The Labute approximate surface area is 127 Å². The van der Waals surface area contributed by atoms with Crippen LogP contribution in [-0.2, 0) is 9.59 Å². The zero-order chi connectivity index (χ0) is 16.1. The van der Waals surface area contributed by atoms with Crippen LogP contribution in [0.15, 0.2) is 18.2 Å². The molecule has 1 saturated heterocycles. The van der Waals surface area contributed by atoms with E-state index in [1.165, 1.54) is 6.07 Å². The van der Waals surface area contributed by atoms with Crippen molar-refractivity contribution in [3.63, 3.8) is 0 Å². The fourth-order valence-corrected chi connectivity index (χ4v) is 2.35. The first-order chi connectivity index (χ1) is 10.5. The van der Waals surface area contributed by atoms with Gasteiger partial charge in [-0.2, -0.15) is 0 Å². The van der Waals surface area contributed by atoms with E-state index in [4.69, 9.17) is 0 Å². The van der Waals surface area contributed by atoms with Crippen LogP contribution in [0.3, 0.4) is 0 Å². The van der Waals surface area contributed by atoms with Gasteiger partial charge in [-0.1, -0.05) is 0 Å². The topological polar surface area (TPSA) is 61.4 Å². The smallest absolute Gasteiger partial charge is 0.313 e. The number of piperidine rings is 1. The minimum absolute atomic E-state index is 0.0401. The van der Waals surface area contributed by atoms with E-state index in [9.17, 15) is 18.4 Å². The molecule has 0 atom stereocenters. The number of anilines is 1. The molecule has 2 rings (SSSR count). The Morgan fingerprint density at radius 1 is 1.18 bits per heavy atom. The molecule has 1 aliphatic rings. The van der Waals surface area contributed by atoms with Crippen LogP contribution in [0.5, 0.6) is 0 Å². The molecule has 0 aliphatic carbocycles. The molecule has 120 valence electrons. The number of nitrogens with one attached hydrogen (secondary N) is 2. The molecule has 1 aromatic carbocycles. The molecule has 2 N–H and O–H groups in total. The van der Waals surface area contributed by atoms with Crippen LogP contribution in [0.1, 0.15) is 12.8 Å². The summed E-state index contributed by atoms with van der Waals surface area (Å²) in [7, 11) is 2.05. The van der Waals surface area contributed by atoms with Crippen LogP contribution in [-0.4, -0.2) is 43.4 Å². The summed E-state index contributed by atoms with van der Waals surface area (Å²) in [5.41, 5.74) is 0.0401. The predicted octanol–water partition coefficient (Wildman–Crippen LogP) is 1.36. The summed E-state index contributed by atoms with van der Waals surface area (Å²) in [6.07, 6.45) is 1.95. The second kappa shape index (κ2) is 7.31. The highest BCUT2D eigenvalue weighted by molar-refractivity contribution is 6.39. The number of hydrogen-bond donors (Lipinski definition) is 2. The van der Waals surface area contributed by atoms with Gasteiger partial charge in [0.1, 0.15) is 0 Å². The Morgan fingerprint density at radius 2 is 1.86 bits per heavy atom. The molecular formula is C15H19F2N3O2. The summed E-state index contributed by atoms with van der Waals surface area (Å²) in [6.45, 7) is 2.39. The van der Waals surface area contributed by atoms with Crippen molar-refractivity contribution in [3.8, 4) is 0 Å². The molecule has 0 bridgehead atoms. The SMILES string of the molecule is CN1CCC(CNC(=O)C(=O)Nc2ccc(F)c(F)c2)CC1. The number of halogens is 2. The van der Waals surface area contributed by atoms with Gasteiger partial charge in [0.05, 0.1) is 0 Å². The van der Waals surface area contributed by atoms with Gasteiger partial charge < -0.3 is 15.5 Å². The number of benzene rings is 1. The standard InChI is InChI=1S/C15H19F2N3O2/c1-20-6-4-10(5-7-20)9-18-14(21)15(22)19-11-2-3-12(16)13(17)8-11/h2-3,8,10H,4-7,9H2,1H3,(H,18,21)(H,19,22). The fourth-order valence-electron chi connectivity index (χ4n) is 2.35. The highest BCUT2D eigenvalue weighted by Gasteiger charge is 2.20. The summed E-state index contributed by atoms with van der Waals surface area (Å²) in [5, 5.41) is 4.81. The number of carbonyl (C=O) groups is 2. The molecule has 1 heterocycles. The quantitative estimate of drug-likeness (QED) is 0.829. The summed E-state index contributed by atoms with van der Waals surface area (Å²) in [5.74, 6) is -3.40. The van der Waals surface area contributed by atoms with Crippen molar-refractivity contribution in [2.75, 3.05) is 32.0 Å². The van der Waals surface area contributed by atoms with Gasteiger partial charge in [-0.25, -0.2) is 8.78 Å². The molecule has 2 amide bonds. The molecule has 0 aromatic heterocycles. The lowest BCUT2D eigenvalue weighted by molar-refractivity contribution is -0.136. The Hall–Kier alpha value is -2.02. The van der Waals surface area contributed by atoms with Gasteiger partial charge >= 0.3 is 11.8 Å². The number of carbonyl (C=O) groups excluding carboxylic acids is 2. The van der Waals surface area contributed by atoms with Gasteiger partial charge in [0.2, 0.25) is 0 Å². The van der Waals surface area contributed by atoms with E-state index in [1.54, 1.807) is 0 Å². The first-order valence-corrected chi connectivity index (χ1v) is 7.18. The van der Waals surface area contributed by atoms with Crippen molar-refractivity contribution in [1.29, 1.82) is 0 Å². The van der Waals surface area contributed by atoms with Crippen LogP contribution >= 0.6 is 0 Å². The third kappa shape index (κ3) is 4.49. The highest BCUT2D eigenvalue weighted by Crippen LogP contribution is 2.15. The Kier molecular flexibility index (Phi) is 5.43. The number of amides is 2. The van der Waals surface area contributed by atoms with Crippen LogP contribution in [0.25, 0.3) is 0 Å². The van der Waals surface area contributed by atoms with Gasteiger partial charge in [-0.3, -0.25) is 9.59 Å². The average Bonchev–Trinajstić information content (AvgIpc) is 2.50. The summed E-state index contributed by atoms with van der Waals surface area (Å²) < 4.78 is 25.8. The lowest BCUT2D eigenvalue weighted by Crippen LogP contribution is -2.41. The van der Waals surface area contributed by atoms with Crippen molar-refractivity contribution >= 4 is 17.5 Å². The Balaban J connectivity index is 1.79. The number of likely N-dealkylation sites (tertiary alicyclic amines) is 1. The Morgan fingerprint density at radius 3 is 2.50 bits per heavy atom. The minimum atomic E-state index is -1.08. The molecule has 1 fully saturated rings. The number of rotatable bonds is 3. The molecule has 5 nitrogen and oxygen atoms in total. The molecule has 0 spiro atoms. The van der Waals surface area contributed by atoms with E-state index >= 15 is 0 Å². The van der Waals surface area contributed by atoms with E-state index < -0.39 is 23.4 Å². The maximum Gasteiger partial charge on any atom is 0.313 e. The highest BCUT2D eigenvalue weighted by atomic mass is 19.2. The Bertz CT molecular complexity index is 558. The molecule has 22 heavy (non-hydrogen) atoms. The van der Waals surface area contributed by atoms with Crippen LogP contribution in [0, 0.1) is 17.6 Å². The molecular weight excluding hydrogens is 292 g/mol. The van der Waals surface area contributed by atoms with Crippen molar-refractivity contribution in [2.45, 2.75) is 12.8 Å². The largest absolute Gasteiger partial charge is 0.348 e. The van der Waals surface area contributed by atoms with Crippen LogP contribution < -0.4 is 10.6 Å². The van der Waals surface area contributed by atoms with Crippen LogP contribution in [0.2, 0.25) is 0 Å². The van der Waals surface area contributed by atoms with E-state index in [0.29, 0.717) is 12.5 Å². The van der Waals surface area contributed by atoms with Gasteiger partial charge in [0.25, 0.3) is 0 Å². The minimum Gasteiger partial charge on any atom is -0.348 e. The zero-order valence-corrected chi connectivity index (χ0v) is 12.4. The van der Waals surface area contributed by atoms with Gasteiger partial charge in [0, 0.05) is 18.3 Å². The molecule has 0 saturated carbocycles. The van der Waals surface area contributed by atoms with E-state index in [-0.39, 0.29) is 5.69 Å². The van der Waals surface area contributed by atoms with Gasteiger partial charge in [0.15, 0.2) is 11.6 Å². The lowest BCUT2D eigenvalue weighted by atomic mass is 9.97. The van der Waals surface area contributed by atoms with Gasteiger partial charge in [-0.05, 0) is 51.0 Å². The number of hydrogen-bond acceptors (Lipinski definition) is 3. The van der Waals surface area contributed by atoms with Crippen molar-refractivity contribution < 1.29 is 18.4 Å². The number of nitrogens with zero attached hydrogens (tertiary/aromatic N) is 1. The second-order valence-corrected chi connectivity index (χ2v) is 5.54. The van der Waals surface area contributed by atoms with Gasteiger partial charge in [-0.15, -0.1) is 0 Å². The first kappa shape index (κ1) is 16.4. The van der Waals surface area contributed by atoms with Crippen molar-refractivity contribution in [1.82, 2.24) is 10.2 Å². The van der Waals surface area contributed by atoms with E-state index in [1.807, 2.05) is 7.05 Å². The molecule has 1 aliphatic heterocycles. The molecule has 0 radical (unpaired) electrons. The summed E-state index contributed by atoms with van der Waals surface area (Å²) in [4.78, 5) is 25.6. The van der Waals surface area contributed by atoms with Crippen molar-refractivity contribution in [3.05, 3.63) is 29.8 Å². The first-order valence-electron chi connectivity index (χ1n) is 7.18.